The number of carboxylic acids is 4. The molecule has 2 aromatic rings. The van der Waals surface area contributed by atoms with Gasteiger partial charge in [0.2, 0.25) is 0 Å². The summed E-state index contributed by atoms with van der Waals surface area (Å²) in [6.07, 6.45) is -9.78. The molecule has 26 heteroatoms. The maximum Gasteiger partial charge on any atom is 0.490 e. The molecule has 4 rings (SSSR count). The number of likely N-dealkylation sites (tertiary alicyclic amines) is 1. The molecular weight excluding hydrogens is 766 g/mol. The van der Waals surface area contributed by atoms with Crippen molar-refractivity contribution in [1.29, 1.82) is 0 Å². The lowest BCUT2D eigenvalue weighted by atomic mass is 10.00. The number of pyridine rings is 1. The summed E-state index contributed by atoms with van der Waals surface area (Å²) in [4.78, 5) is 44.8. The van der Waals surface area contributed by atoms with E-state index in [9.17, 15) is 52.7 Å². The molecule has 3 atom stereocenters. The van der Waals surface area contributed by atoms with Crippen LogP contribution < -0.4 is 0 Å². The van der Waals surface area contributed by atoms with E-state index in [-0.39, 0.29) is 0 Å². The first-order valence-electron chi connectivity index (χ1n) is 14.1. The van der Waals surface area contributed by atoms with E-state index in [0.29, 0.717) is 18.2 Å². The monoisotopic (exact) mass is 797 g/mol. The van der Waals surface area contributed by atoms with Crippen LogP contribution in [0.5, 0.6) is 0 Å². The Hall–Kier alpha value is -4.72. The van der Waals surface area contributed by atoms with Crippen LogP contribution in [0.15, 0.2) is 36.9 Å². The number of nitrogens with zero attached hydrogens (tertiary/aromatic N) is 5. The fourth-order valence-electron chi connectivity index (χ4n) is 4.28. The molecular formula is C27H31F12N5O9. The molecule has 0 aliphatic carbocycles. The molecule has 0 saturated carbocycles. The van der Waals surface area contributed by atoms with E-state index in [4.69, 9.17) is 44.3 Å². The Kier molecular flexibility index (Phi) is 18.7. The van der Waals surface area contributed by atoms with E-state index >= 15 is 0 Å². The first-order valence-corrected chi connectivity index (χ1v) is 14.1. The van der Waals surface area contributed by atoms with Crippen LogP contribution in [-0.2, 0) is 44.1 Å². The Balaban J connectivity index is 0.000000791. The minimum absolute atomic E-state index is 0.298. The highest BCUT2D eigenvalue weighted by Gasteiger charge is 2.45. The van der Waals surface area contributed by atoms with Crippen LogP contribution in [0, 0.1) is 0 Å². The molecule has 2 aliphatic heterocycles. The summed E-state index contributed by atoms with van der Waals surface area (Å²) in [7, 11) is 4.19. The third-order valence-corrected chi connectivity index (χ3v) is 6.44. The maximum atomic E-state index is 10.6. The van der Waals surface area contributed by atoms with Crippen LogP contribution in [0.4, 0.5) is 52.7 Å². The van der Waals surface area contributed by atoms with Gasteiger partial charge in [-0.1, -0.05) is 6.07 Å². The third kappa shape index (κ3) is 19.1. The van der Waals surface area contributed by atoms with Crippen LogP contribution in [0.1, 0.15) is 24.0 Å². The summed E-state index contributed by atoms with van der Waals surface area (Å²) < 4.78 is 135. The molecule has 0 spiro atoms. The summed E-state index contributed by atoms with van der Waals surface area (Å²) >= 11 is 0. The fourth-order valence-corrected chi connectivity index (χ4v) is 4.28. The van der Waals surface area contributed by atoms with Gasteiger partial charge in [0.05, 0.1) is 18.3 Å². The predicted octanol–water partition coefficient (Wildman–Crippen LogP) is 4.21. The Bertz CT molecular complexity index is 1360. The molecule has 0 radical (unpaired) electrons. The quantitative estimate of drug-likeness (QED) is 0.315. The molecule has 0 bridgehead atoms. The number of carbonyl (C=O) groups is 4. The van der Waals surface area contributed by atoms with Crippen molar-refractivity contribution in [2.45, 2.75) is 68.8 Å². The van der Waals surface area contributed by atoms with Gasteiger partial charge in [0.15, 0.2) is 0 Å². The number of aliphatic carboxylic acids is 4. The van der Waals surface area contributed by atoms with Crippen molar-refractivity contribution in [3.8, 4) is 0 Å². The van der Waals surface area contributed by atoms with Gasteiger partial charge in [-0.15, -0.1) is 0 Å². The van der Waals surface area contributed by atoms with Gasteiger partial charge in [0, 0.05) is 63.5 Å². The summed E-state index contributed by atoms with van der Waals surface area (Å²) in [5.74, 6) is -11.0. The highest BCUT2D eigenvalue weighted by atomic mass is 19.4. The Labute approximate surface area is 290 Å². The zero-order valence-corrected chi connectivity index (χ0v) is 27.0. The van der Waals surface area contributed by atoms with Crippen LogP contribution >= 0.6 is 0 Å². The van der Waals surface area contributed by atoms with E-state index in [2.05, 4.69) is 39.2 Å². The number of alkyl halides is 12. The lowest BCUT2D eigenvalue weighted by Gasteiger charge is -2.34. The normalized spacial score (nSPS) is 18.7. The number of aromatic nitrogens is 3. The van der Waals surface area contributed by atoms with Gasteiger partial charge >= 0.3 is 48.6 Å². The second kappa shape index (κ2) is 20.5. The molecule has 0 aromatic carbocycles. The van der Waals surface area contributed by atoms with Gasteiger partial charge in [0.1, 0.15) is 0 Å². The summed E-state index contributed by atoms with van der Waals surface area (Å²) in [6.45, 7) is 3.79. The Morgan fingerprint density at radius 3 is 1.62 bits per heavy atom. The Morgan fingerprint density at radius 2 is 1.26 bits per heavy atom. The second-order valence-electron chi connectivity index (χ2n) is 10.6. The number of fused-ring (bicyclic) bond motifs is 1. The van der Waals surface area contributed by atoms with Crippen molar-refractivity contribution in [3.63, 3.8) is 0 Å². The van der Waals surface area contributed by atoms with Crippen LogP contribution in [-0.4, -0.2) is 132 Å². The molecule has 302 valence electrons. The number of hydrogen-bond acceptors (Lipinski definition) is 9. The van der Waals surface area contributed by atoms with Gasteiger partial charge in [-0.3, -0.25) is 19.5 Å². The zero-order chi connectivity index (χ0) is 41.5. The van der Waals surface area contributed by atoms with E-state index in [1.165, 1.54) is 17.5 Å². The molecule has 14 nitrogen and oxygen atoms in total. The summed E-state index contributed by atoms with van der Waals surface area (Å²) in [5.41, 5.74) is 2.53. The first kappa shape index (κ1) is 48.3. The van der Waals surface area contributed by atoms with Crippen molar-refractivity contribution in [2.75, 3.05) is 20.2 Å². The molecule has 2 saturated heterocycles. The minimum Gasteiger partial charge on any atom is -0.475 e. The van der Waals surface area contributed by atoms with E-state index in [1.54, 1.807) is 0 Å². The molecule has 2 fully saturated rings. The fraction of sp³-hybridized carbons (Fsp3) is 0.556. The highest BCUT2D eigenvalue weighted by molar-refractivity contribution is 5.74. The molecule has 4 N–H and O–H groups in total. The number of aryl methyl sites for hydroxylation is 1. The third-order valence-electron chi connectivity index (χ3n) is 6.44. The van der Waals surface area contributed by atoms with Crippen molar-refractivity contribution in [3.05, 3.63) is 48.0 Å². The van der Waals surface area contributed by atoms with Crippen LogP contribution in [0.25, 0.3) is 0 Å². The topological polar surface area (TPSA) is 196 Å². The average molecular weight is 798 g/mol. The number of rotatable bonds is 5. The van der Waals surface area contributed by atoms with Crippen molar-refractivity contribution in [1.82, 2.24) is 24.6 Å². The van der Waals surface area contributed by atoms with Gasteiger partial charge in [-0.25, -0.2) is 19.2 Å². The van der Waals surface area contributed by atoms with Gasteiger partial charge in [-0.2, -0.15) is 57.8 Å². The highest BCUT2D eigenvalue weighted by Crippen LogP contribution is 2.33. The summed E-state index contributed by atoms with van der Waals surface area (Å²) in [5, 5.41) is 32.8. The predicted molar refractivity (Wildman–Crippen MR) is 151 cm³/mol. The van der Waals surface area contributed by atoms with E-state index < -0.39 is 48.6 Å². The van der Waals surface area contributed by atoms with Crippen LogP contribution in [0.3, 0.4) is 0 Å². The maximum absolute atomic E-state index is 10.6. The summed E-state index contributed by atoms with van der Waals surface area (Å²) in [6, 6.07) is 5.08. The number of carboxylic acid groups (broad SMARTS) is 4. The Morgan fingerprint density at radius 1 is 0.811 bits per heavy atom. The SMILES string of the molecule is CN(Cc1cccnc1)[C@@H]1CN(Cc2cnn(C)c2)[C@@H]2CCCO[C@H]12.O=C(O)C(F)(F)F.O=C(O)C(F)(F)F.O=C(O)C(F)(F)F.O=C(O)C(F)(F)F. The molecule has 4 heterocycles. The lowest BCUT2D eigenvalue weighted by molar-refractivity contribution is -0.193. The molecule has 2 aliphatic rings. The molecule has 2 aromatic heterocycles. The minimum atomic E-state index is -5.08. The second-order valence-corrected chi connectivity index (χ2v) is 10.6. The van der Waals surface area contributed by atoms with Gasteiger partial charge in [0.25, 0.3) is 0 Å². The number of hydrogen-bond donors (Lipinski definition) is 4. The smallest absolute Gasteiger partial charge is 0.475 e. The average Bonchev–Trinajstić information content (AvgIpc) is 3.60. The number of ether oxygens (including phenoxy) is 1. The number of likely N-dealkylation sites (N-methyl/N-ethyl adjacent to an activating group) is 1. The molecule has 0 amide bonds. The lowest BCUT2D eigenvalue weighted by Crippen LogP contribution is -2.46. The largest absolute Gasteiger partial charge is 0.490 e. The van der Waals surface area contributed by atoms with Gasteiger partial charge in [-0.05, 0) is 31.5 Å². The molecule has 0 unspecified atom stereocenters. The van der Waals surface area contributed by atoms with Crippen molar-refractivity contribution < 1.29 is 97.0 Å². The van der Waals surface area contributed by atoms with Crippen LogP contribution in [0.2, 0.25) is 0 Å². The first-order chi connectivity index (χ1) is 24.0. The number of halogens is 12. The van der Waals surface area contributed by atoms with E-state index in [1.807, 2.05) is 36.4 Å². The molecule has 53 heavy (non-hydrogen) atoms. The van der Waals surface area contributed by atoms with E-state index in [0.717, 1.165) is 32.7 Å². The van der Waals surface area contributed by atoms with Gasteiger partial charge < -0.3 is 25.2 Å². The zero-order valence-electron chi connectivity index (χ0n) is 27.0. The standard InChI is InChI=1S/C19H27N5O.4C2HF3O2/c1-22(11-15-5-3-7-20-9-15)18-14-24(13-16-10-21-23(2)12-16)17-6-4-8-25-19(17)18;4*3-2(4,5)1(6)7/h3,5,7,9-10,12,17-19H,4,6,8,11,13-14H2,1-2H3;4*(H,6,7)/t17-,18-,19+;;;;/m1..../s1. The van der Waals surface area contributed by atoms with Crippen molar-refractivity contribution >= 4 is 23.9 Å². The van der Waals surface area contributed by atoms with Crippen molar-refractivity contribution in [2.24, 2.45) is 7.05 Å².